The standard InChI is InChI=1S/C26H27N3O5S/c30-24(19-9-11-21(12-10-19)35(32,33)29-15-5-6-16-29)18-34-26(31)22-17-20-7-1-2-8-23(20)27-25(22)28-13-3-4-14-28/h1-2,7-12,17H,3-6,13-16,18H2. The van der Waals surface area contributed by atoms with Crippen molar-refractivity contribution in [3.8, 4) is 0 Å². The van der Waals surface area contributed by atoms with Crippen LogP contribution in [0, 0.1) is 0 Å². The minimum absolute atomic E-state index is 0.158. The summed E-state index contributed by atoms with van der Waals surface area (Å²) in [6, 6.07) is 15.1. The first-order valence-electron chi connectivity index (χ1n) is 11.9. The molecule has 35 heavy (non-hydrogen) atoms. The van der Waals surface area contributed by atoms with E-state index in [1.165, 1.54) is 28.6 Å². The highest BCUT2D eigenvalue weighted by atomic mass is 32.2. The van der Waals surface area contributed by atoms with Gasteiger partial charge in [-0.05, 0) is 62.1 Å². The van der Waals surface area contributed by atoms with Gasteiger partial charge in [-0.1, -0.05) is 18.2 Å². The van der Waals surface area contributed by atoms with E-state index in [2.05, 4.69) is 4.90 Å². The fourth-order valence-electron chi connectivity index (χ4n) is 4.61. The molecule has 0 radical (unpaired) electrons. The van der Waals surface area contributed by atoms with Crippen LogP contribution in [0.2, 0.25) is 0 Å². The van der Waals surface area contributed by atoms with Crippen LogP contribution in [0.1, 0.15) is 46.4 Å². The lowest BCUT2D eigenvalue weighted by molar-refractivity contribution is 0.0475. The topological polar surface area (TPSA) is 96.9 Å². The number of ether oxygens (including phenoxy) is 1. The van der Waals surface area contributed by atoms with Crippen molar-refractivity contribution in [1.29, 1.82) is 0 Å². The van der Waals surface area contributed by atoms with Crippen LogP contribution in [0.3, 0.4) is 0 Å². The maximum atomic E-state index is 13.0. The normalized spacial score (nSPS) is 16.6. The van der Waals surface area contributed by atoms with E-state index in [1.54, 1.807) is 6.07 Å². The number of carbonyl (C=O) groups is 2. The van der Waals surface area contributed by atoms with Crippen LogP contribution in [0.25, 0.3) is 10.9 Å². The molecule has 0 N–H and O–H groups in total. The second kappa shape index (κ2) is 9.75. The first-order chi connectivity index (χ1) is 16.9. The Kier molecular flexibility index (Phi) is 6.53. The largest absolute Gasteiger partial charge is 0.454 e. The number of aromatic nitrogens is 1. The molecule has 0 amide bonds. The molecule has 0 atom stereocenters. The number of sulfonamides is 1. The maximum absolute atomic E-state index is 13.0. The predicted octanol–water partition coefficient (Wildman–Crippen LogP) is 3.66. The molecular formula is C26H27N3O5S. The molecule has 0 bridgehead atoms. The molecule has 0 saturated carbocycles. The molecular weight excluding hydrogens is 466 g/mol. The predicted molar refractivity (Wildman–Crippen MR) is 132 cm³/mol. The highest BCUT2D eigenvalue weighted by Gasteiger charge is 2.27. The number of ketones is 1. The lowest BCUT2D eigenvalue weighted by Crippen LogP contribution is -2.27. The maximum Gasteiger partial charge on any atom is 0.342 e. The summed E-state index contributed by atoms with van der Waals surface area (Å²) in [5, 5.41) is 0.823. The van der Waals surface area contributed by atoms with Crippen LogP contribution >= 0.6 is 0 Å². The van der Waals surface area contributed by atoms with Gasteiger partial charge in [-0.25, -0.2) is 18.2 Å². The van der Waals surface area contributed by atoms with Gasteiger partial charge in [-0.15, -0.1) is 0 Å². The molecule has 2 aliphatic heterocycles. The Balaban J connectivity index is 1.30. The Labute approximate surface area is 204 Å². The van der Waals surface area contributed by atoms with Gasteiger partial charge >= 0.3 is 5.97 Å². The van der Waals surface area contributed by atoms with Gasteiger partial charge in [0.05, 0.1) is 10.4 Å². The Bertz CT molecular complexity index is 1360. The molecule has 3 heterocycles. The minimum atomic E-state index is -3.55. The Hall–Kier alpha value is -3.30. The SMILES string of the molecule is O=C(COC(=O)c1cc2ccccc2nc1N1CCCC1)c1ccc(S(=O)(=O)N2CCCC2)cc1. The average Bonchev–Trinajstić information content (AvgIpc) is 3.61. The van der Waals surface area contributed by atoms with Crippen LogP contribution in [0.4, 0.5) is 5.82 Å². The summed E-state index contributed by atoms with van der Waals surface area (Å²) in [6.07, 6.45) is 3.77. The van der Waals surface area contributed by atoms with Crippen LogP contribution in [0.5, 0.6) is 0 Å². The minimum Gasteiger partial charge on any atom is -0.454 e. The molecule has 182 valence electrons. The molecule has 8 nitrogen and oxygen atoms in total. The third kappa shape index (κ3) is 4.78. The smallest absolute Gasteiger partial charge is 0.342 e. The van der Waals surface area contributed by atoms with Gasteiger partial charge in [0, 0.05) is 37.1 Å². The number of fused-ring (bicyclic) bond motifs is 1. The quantitative estimate of drug-likeness (QED) is 0.366. The molecule has 9 heteroatoms. The molecule has 2 aliphatic rings. The first-order valence-corrected chi connectivity index (χ1v) is 13.3. The van der Waals surface area contributed by atoms with Crippen molar-refractivity contribution < 1.29 is 22.7 Å². The zero-order valence-corrected chi connectivity index (χ0v) is 20.2. The lowest BCUT2D eigenvalue weighted by atomic mass is 10.1. The zero-order chi connectivity index (χ0) is 24.4. The van der Waals surface area contributed by atoms with Crippen molar-refractivity contribution in [2.75, 3.05) is 37.7 Å². The zero-order valence-electron chi connectivity index (χ0n) is 19.4. The number of para-hydroxylation sites is 1. The van der Waals surface area contributed by atoms with Gasteiger partial charge in [0.15, 0.2) is 12.4 Å². The van der Waals surface area contributed by atoms with Gasteiger partial charge in [0.1, 0.15) is 11.4 Å². The van der Waals surface area contributed by atoms with Gasteiger partial charge in [0.2, 0.25) is 10.0 Å². The summed E-state index contributed by atoms with van der Waals surface area (Å²) >= 11 is 0. The van der Waals surface area contributed by atoms with Crippen LogP contribution < -0.4 is 4.90 Å². The van der Waals surface area contributed by atoms with Crippen molar-refractivity contribution >= 4 is 38.5 Å². The van der Waals surface area contributed by atoms with Crippen molar-refractivity contribution in [3.05, 3.63) is 65.7 Å². The molecule has 0 unspecified atom stereocenters. The third-order valence-corrected chi connectivity index (χ3v) is 8.46. The summed E-state index contributed by atoms with van der Waals surface area (Å²) < 4.78 is 32.2. The molecule has 3 aromatic rings. The van der Waals surface area contributed by atoms with Gasteiger partial charge in [-0.3, -0.25) is 4.79 Å². The summed E-state index contributed by atoms with van der Waals surface area (Å²) in [6.45, 7) is 2.22. The molecule has 0 aliphatic carbocycles. The van der Waals surface area contributed by atoms with E-state index >= 15 is 0 Å². The van der Waals surface area contributed by atoms with E-state index < -0.39 is 28.4 Å². The summed E-state index contributed by atoms with van der Waals surface area (Å²) in [5.41, 5.74) is 1.42. The number of carbonyl (C=O) groups excluding carboxylic acids is 2. The van der Waals surface area contributed by atoms with E-state index in [0.717, 1.165) is 49.7 Å². The van der Waals surface area contributed by atoms with Crippen molar-refractivity contribution in [1.82, 2.24) is 9.29 Å². The number of esters is 1. The van der Waals surface area contributed by atoms with Gasteiger partial charge in [-0.2, -0.15) is 4.31 Å². The Morgan fingerprint density at radius 2 is 1.54 bits per heavy atom. The monoisotopic (exact) mass is 493 g/mol. The van der Waals surface area contributed by atoms with E-state index in [4.69, 9.17) is 9.72 Å². The summed E-state index contributed by atoms with van der Waals surface area (Å²) in [4.78, 5) is 32.6. The van der Waals surface area contributed by atoms with E-state index in [9.17, 15) is 18.0 Å². The molecule has 5 rings (SSSR count). The van der Waals surface area contributed by atoms with E-state index in [1.807, 2.05) is 24.3 Å². The van der Waals surface area contributed by atoms with Gasteiger partial charge < -0.3 is 9.64 Å². The summed E-state index contributed by atoms with van der Waals surface area (Å²) in [7, 11) is -3.55. The number of anilines is 1. The second-order valence-corrected chi connectivity index (χ2v) is 10.8. The number of rotatable bonds is 7. The number of hydrogen-bond acceptors (Lipinski definition) is 7. The lowest BCUT2D eigenvalue weighted by Gasteiger charge is -2.20. The Morgan fingerprint density at radius 3 is 2.26 bits per heavy atom. The number of Topliss-reactive ketones (excluding diaryl/α,β-unsaturated/α-hetero) is 1. The highest BCUT2D eigenvalue weighted by molar-refractivity contribution is 7.89. The average molecular weight is 494 g/mol. The molecule has 2 saturated heterocycles. The third-order valence-electron chi connectivity index (χ3n) is 6.54. The Morgan fingerprint density at radius 1 is 0.886 bits per heavy atom. The number of nitrogens with zero attached hydrogens (tertiary/aromatic N) is 3. The highest BCUT2D eigenvalue weighted by Crippen LogP contribution is 2.27. The second-order valence-electron chi connectivity index (χ2n) is 8.88. The van der Waals surface area contributed by atoms with Crippen LogP contribution in [-0.2, 0) is 14.8 Å². The first kappa shape index (κ1) is 23.4. The van der Waals surface area contributed by atoms with Gasteiger partial charge in [0.25, 0.3) is 0 Å². The van der Waals surface area contributed by atoms with E-state index in [-0.39, 0.29) is 10.5 Å². The molecule has 0 spiro atoms. The van der Waals surface area contributed by atoms with Crippen molar-refractivity contribution in [3.63, 3.8) is 0 Å². The molecule has 2 aromatic carbocycles. The molecule has 1 aromatic heterocycles. The van der Waals surface area contributed by atoms with Crippen LogP contribution in [0.15, 0.2) is 59.5 Å². The fraction of sp³-hybridized carbons (Fsp3) is 0.346. The van der Waals surface area contributed by atoms with E-state index in [0.29, 0.717) is 24.5 Å². The fourth-order valence-corrected chi connectivity index (χ4v) is 6.13. The number of benzene rings is 2. The van der Waals surface area contributed by atoms with Crippen molar-refractivity contribution in [2.24, 2.45) is 0 Å². The molecule has 2 fully saturated rings. The summed E-state index contributed by atoms with van der Waals surface area (Å²) in [5.74, 6) is -0.429. The van der Waals surface area contributed by atoms with Crippen molar-refractivity contribution in [2.45, 2.75) is 30.6 Å². The van der Waals surface area contributed by atoms with Crippen LogP contribution in [-0.4, -0.2) is 62.2 Å². The number of pyridine rings is 1. The number of hydrogen-bond donors (Lipinski definition) is 0.